The van der Waals surface area contributed by atoms with Gasteiger partial charge in [0.05, 0.1) is 19.3 Å². The van der Waals surface area contributed by atoms with Gasteiger partial charge < -0.3 is 49.6 Å². The van der Waals surface area contributed by atoms with E-state index >= 15 is 0 Å². The van der Waals surface area contributed by atoms with Crippen LogP contribution in [0.25, 0.3) is 0 Å². The van der Waals surface area contributed by atoms with E-state index in [0.717, 1.165) is 0 Å². The van der Waals surface area contributed by atoms with Gasteiger partial charge in [-0.1, -0.05) is 182 Å². The Labute approximate surface area is 367 Å². The zero-order chi connectivity index (χ0) is 36.3. The molecule has 0 radical (unpaired) electrons. The molecular weight excluding hydrogens is 826 g/mol. The number of carbonyl (C=O) groups excluding carboxylic acids is 6. The first-order valence-electron chi connectivity index (χ1n) is 16.3. The maximum atomic E-state index is 11.8. The minimum Gasteiger partial charge on any atom is -1.00 e. The standard InChI is InChI=1S/3C15H12O2.4ClH.Ti/c3*16-14(12-7-3-1-4-8-12)11-15(17)13-9-5-2-6-10-13;;;;;/h3*1-10H,11H2;4*1H;/q;;;;;;;+4/p-4. The van der Waals surface area contributed by atoms with Gasteiger partial charge in [0.2, 0.25) is 0 Å². The summed E-state index contributed by atoms with van der Waals surface area (Å²) in [7, 11) is 0. The van der Waals surface area contributed by atoms with E-state index in [0.29, 0.717) is 33.4 Å². The molecule has 0 saturated heterocycles. The van der Waals surface area contributed by atoms with Crippen LogP contribution in [-0.2, 0) is 21.7 Å². The molecule has 284 valence electrons. The van der Waals surface area contributed by atoms with Gasteiger partial charge in [0, 0.05) is 33.4 Å². The number of hydrogen-bond acceptors (Lipinski definition) is 6. The molecule has 0 fully saturated rings. The van der Waals surface area contributed by atoms with Gasteiger partial charge in [0.15, 0.2) is 34.7 Å². The molecule has 6 nitrogen and oxygen atoms in total. The maximum absolute atomic E-state index is 11.8. The van der Waals surface area contributed by atoms with Gasteiger partial charge in [0.1, 0.15) is 0 Å². The van der Waals surface area contributed by atoms with Crippen molar-refractivity contribution < 1.29 is 100 Å². The van der Waals surface area contributed by atoms with Gasteiger partial charge in [-0.15, -0.1) is 0 Å². The first kappa shape index (κ1) is 53.3. The SMILES string of the molecule is O=C(CC(=O)c1ccccc1)c1ccccc1.O=C(CC(=O)c1ccccc1)c1ccccc1.O=C(CC(=O)c1ccccc1)c1ccccc1.[Cl-].[Cl-].[Cl-].[Cl-].[Ti+4]. The van der Waals surface area contributed by atoms with E-state index in [1.165, 1.54) is 0 Å². The largest absolute Gasteiger partial charge is 4.00 e. The molecule has 0 amide bonds. The van der Waals surface area contributed by atoms with Crippen LogP contribution in [0.5, 0.6) is 0 Å². The minimum absolute atomic E-state index is 0. The van der Waals surface area contributed by atoms with Gasteiger partial charge in [-0.2, -0.15) is 0 Å². The van der Waals surface area contributed by atoms with Crippen molar-refractivity contribution in [2.75, 3.05) is 0 Å². The molecule has 0 bridgehead atoms. The summed E-state index contributed by atoms with van der Waals surface area (Å²) < 4.78 is 0. The molecule has 56 heavy (non-hydrogen) atoms. The molecule has 11 heteroatoms. The number of halogens is 4. The van der Waals surface area contributed by atoms with Gasteiger partial charge in [0.25, 0.3) is 0 Å². The molecule has 0 saturated carbocycles. The van der Waals surface area contributed by atoms with Crippen LogP contribution in [0.3, 0.4) is 0 Å². The van der Waals surface area contributed by atoms with Gasteiger partial charge in [-0.05, 0) is 0 Å². The van der Waals surface area contributed by atoms with E-state index in [-0.39, 0.29) is 125 Å². The Morgan fingerprint density at radius 1 is 0.232 bits per heavy atom. The monoisotopic (exact) mass is 860 g/mol. The van der Waals surface area contributed by atoms with E-state index in [4.69, 9.17) is 0 Å². The zero-order valence-electron chi connectivity index (χ0n) is 29.9. The molecule has 0 N–H and O–H groups in total. The Kier molecular flexibility index (Phi) is 28.1. The fourth-order valence-corrected chi connectivity index (χ4v) is 4.79. The first-order valence-corrected chi connectivity index (χ1v) is 16.3. The Hall–Kier alpha value is -4.79. The molecule has 6 rings (SSSR count). The molecule has 0 spiro atoms. The third kappa shape index (κ3) is 18.2. The van der Waals surface area contributed by atoms with Crippen LogP contribution in [-0.4, -0.2) is 34.7 Å². The smallest absolute Gasteiger partial charge is 1.00 e. The first-order chi connectivity index (χ1) is 24.8. The van der Waals surface area contributed by atoms with Gasteiger partial charge in [-0.25, -0.2) is 0 Å². The van der Waals surface area contributed by atoms with Crippen LogP contribution in [0, 0.1) is 0 Å². The summed E-state index contributed by atoms with van der Waals surface area (Å²) >= 11 is 0. The van der Waals surface area contributed by atoms with Crippen LogP contribution in [0.4, 0.5) is 0 Å². The number of Topliss-reactive ketones (excluding diaryl/α,β-unsaturated/α-hetero) is 6. The Bertz CT molecular complexity index is 1660. The quantitative estimate of drug-likeness (QED) is 0.0764. The van der Waals surface area contributed by atoms with Crippen molar-refractivity contribution in [2.24, 2.45) is 0 Å². The van der Waals surface area contributed by atoms with Crippen LogP contribution in [0.2, 0.25) is 0 Å². The number of hydrogen-bond donors (Lipinski definition) is 0. The van der Waals surface area contributed by atoms with Crippen molar-refractivity contribution in [1.29, 1.82) is 0 Å². The zero-order valence-corrected chi connectivity index (χ0v) is 34.5. The van der Waals surface area contributed by atoms with E-state index in [1.54, 1.807) is 146 Å². The van der Waals surface area contributed by atoms with Crippen molar-refractivity contribution in [3.8, 4) is 0 Å². The summed E-state index contributed by atoms with van der Waals surface area (Å²) in [5, 5.41) is 0. The second-order valence-corrected chi connectivity index (χ2v) is 11.3. The molecule has 6 aromatic rings. The summed E-state index contributed by atoms with van der Waals surface area (Å²) in [5.41, 5.74) is 3.48. The Balaban J connectivity index is 0. The van der Waals surface area contributed by atoms with E-state index in [2.05, 4.69) is 0 Å². The number of carbonyl (C=O) groups is 6. The average Bonchev–Trinajstić information content (AvgIpc) is 3.20. The fourth-order valence-electron chi connectivity index (χ4n) is 4.79. The van der Waals surface area contributed by atoms with Crippen LogP contribution in [0.15, 0.2) is 182 Å². The topological polar surface area (TPSA) is 102 Å². The van der Waals surface area contributed by atoms with Gasteiger partial charge >= 0.3 is 21.7 Å². The normalized spacial score (nSPS) is 9.00. The van der Waals surface area contributed by atoms with Crippen molar-refractivity contribution >= 4 is 34.7 Å². The predicted octanol–water partition coefficient (Wildman–Crippen LogP) is -2.56. The molecule has 0 heterocycles. The maximum Gasteiger partial charge on any atom is 4.00 e. The van der Waals surface area contributed by atoms with Crippen LogP contribution in [0.1, 0.15) is 81.4 Å². The molecule has 0 aliphatic heterocycles. The number of ketones is 6. The summed E-state index contributed by atoms with van der Waals surface area (Å²) in [6, 6.07) is 53.2. The molecule has 0 unspecified atom stereocenters. The Morgan fingerprint density at radius 3 is 0.446 bits per heavy atom. The van der Waals surface area contributed by atoms with Crippen LogP contribution >= 0.6 is 0 Å². The molecule has 0 aromatic heterocycles. The van der Waals surface area contributed by atoms with Crippen molar-refractivity contribution in [1.82, 2.24) is 0 Å². The molecular formula is C45H36Cl4O6Ti. The van der Waals surface area contributed by atoms with E-state index in [1.807, 2.05) is 36.4 Å². The Morgan fingerprint density at radius 2 is 0.339 bits per heavy atom. The molecule has 0 atom stereocenters. The second-order valence-electron chi connectivity index (χ2n) is 11.3. The molecule has 0 aliphatic carbocycles. The van der Waals surface area contributed by atoms with Crippen LogP contribution < -0.4 is 49.6 Å². The summed E-state index contributed by atoms with van der Waals surface area (Å²) in [6.45, 7) is 0. The van der Waals surface area contributed by atoms with Crippen molar-refractivity contribution in [3.05, 3.63) is 215 Å². The van der Waals surface area contributed by atoms with Gasteiger partial charge in [-0.3, -0.25) is 28.8 Å². The third-order valence-corrected chi connectivity index (χ3v) is 7.54. The minimum atomic E-state index is -0.139. The molecule has 6 aromatic carbocycles. The number of rotatable bonds is 12. The summed E-state index contributed by atoms with van der Waals surface area (Å²) in [5.74, 6) is -0.836. The second kappa shape index (κ2) is 29.5. The van der Waals surface area contributed by atoms with Crippen molar-refractivity contribution in [3.63, 3.8) is 0 Å². The molecule has 0 aliphatic rings. The predicted molar refractivity (Wildman–Crippen MR) is 198 cm³/mol. The van der Waals surface area contributed by atoms with Crippen molar-refractivity contribution in [2.45, 2.75) is 19.3 Å². The van der Waals surface area contributed by atoms with E-state index < -0.39 is 0 Å². The van der Waals surface area contributed by atoms with E-state index in [9.17, 15) is 28.8 Å². The average molecular weight is 862 g/mol. The fraction of sp³-hybridized carbons (Fsp3) is 0.0667. The summed E-state index contributed by atoms with van der Waals surface area (Å²) in [4.78, 5) is 70.8. The third-order valence-electron chi connectivity index (χ3n) is 7.54. The number of benzene rings is 6. The summed E-state index contributed by atoms with van der Waals surface area (Å²) in [6.07, 6.45) is -0.226.